The van der Waals surface area contributed by atoms with Crippen LogP contribution in [0.3, 0.4) is 0 Å². The van der Waals surface area contributed by atoms with Crippen molar-refractivity contribution >= 4 is 23.6 Å². The summed E-state index contributed by atoms with van der Waals surface area (Å²) < 4.78 is 4.81. The molecule has 1 atom stereocenters. The van der Waals surface area contributed by atoms with Crippen LogP contribution in [0.25, 0.3) is 6.08 Å². The number of anilines is 1. The first kappa shape index (κ1) is 15.3. The summed E-state index contributed by atoms with van der Waals surface area (Å²) in [6.45, 7) is 3.77. The molecule has 0 aromatic heterocycles. The minimum Gasteiger partial charge on any atom is -0.463 e. The lowest BCUT2D eigenvalue weighted by atomic mass is 10.1. The van der Waals surface area contributed by atoms with Gasteiger partial charge in [-0.15, -0.1) is 0 Å². The van der Waals surface area contributed by atoms with Crippen molar-refractivity contribution in [3.05, 3.63) is 35.9 Å². The molecule has 0 saturated carbocycles. The lowest BCUT2D eigenvalue weighted by Gasteiger charge is -2.09. The van der Waals surface area contributed by atoms with Crippen molar-refractivity contribution in [2.75, 3.05) is 25.0 Å². The fourth-order valence-electron chi connectivity index (χ4n) is 2.15. The number of nitrogens with one attached hydrogen (secondary N) is 2. The topological polar surface area (TPSA) is 67.4 Å². The van der Waals surface area contributed by atoms with Crippen LogP contribution in [-0.2, 0) is 14.3 Å². The molecule has 0 bridgehead atoms. The summed E-state index contributed by atoms with van der Waals surface area (Å²) >= 11 is 0. The number of esters is 1. The van der Waals surface area contributed by atoms with Gasteiger partial charge in [0, 0.05) is 18.3 Å². The number of carbonyl (C=O) groups is 2. The Balaban J connectivity index is 1.89. The van der Waals surface area contributed by atoms with Gasteiger partial charge >= 0.3 is 5.97 Å². The second-order valence-corrected chi connectivity index (χ2v) is 4.89. The fourth-order valence-corrected chi connectivity index (χ4v) is 2.15. The highest BCUT2D eigenvalue weighted by atomic mass is 16.5. The van der Waals surface area contributed by atoms with Crippen LogP contribution in [0.1, 0.15) is 18.9 Å². The molecule has 2 N–H and O–H groups in total. The second-order valence-electron chi connectivity index (χ2n) is 4.89. The van der Waals surface area contributed by atoms with Crippen LogP contribution in [0.5, 0.6) is 0 Å². The van der Waals surface area contributed by atoms with Crippen LogP contribution in [0.2, 0.25) is 0 Å². The van der Waals surface area contributed by atoms with E-state index in [-0.39, 0.29) is 17.8 Å². The molecule has 1 aromatic carbocycles. The average molecular weight is 288 g/mol. The first-order valence-corrected chi connectivity index (χ1v) is 7.15. The van der Waals surface area contributed by atoms with Crippen LogP contribution < -0.4 is 10.6 Å². The molecule has 1 amide bonds. The van der Waals surface area contributed by atoms with Gasteiger partial charge in [-0.1, -0.05) is 12.1 Å². The van der Waals surface area contributed by atoms with Crippen molar-refractivity contribution in [2.45, 2.75) is 13.3 Å². The standard InChI is InChI=1S/C16H20N2O3/c1-2-21-15(19)8-5-12-3-6-14(7-4-12)18-16(20)13-9-10-17-11-13/h3-8,13,17H,2,9-11H2,1H3,(H,18,20). The highest BCUT2D eigenvalue weighted by Crippen LogP contribution is 2.14. The van der Waals surface area contributed by atoms with Crippen molar-refractivity contribution in [3.8, 4) is 0 Å². The zero-order valence-corrected chi connectivity index (χ0v) is 12.1. The third-order valence-electron chi connectivity index (χ3n) is 3.31. The molecule has 21 heavy (non-hydrogen) atoms. The van der Waals surface area contributed by atoms with E-state index < -0.39 is 0 Å². The molecule has 112 valence electrons. The number of carbonyl (C=O) groups excluding carboxylic acids is 2. The average Bonchev–Trinajstić information content (AvgIpc) is 3.01. The predicted octanol–water partition coefficient (Wildman–Crippen LogP) is 1.81. The van der Waals surface area contributed by atoms with Crippen LogP contribution in [0.15, 0.2) is 30.3 Å². The van der Waals surface area contributed by atoms with E-state index in [0.717, 1.165) is 30.8 Å². The normalized spacial score (nSPS) is 17.9. The number of hydrogen-bond acceptors (Lipinski definition) is 4. The summed E-state index contributed by atoms with van der Waals surface area (Å²) in [4.78, 5) is 23.2. The molecule has 5 nitrogen and oxygen atoms in total. The number of rotatable bonds is 5. The predicted molar refractivity (Wildman–Crippen MR) is 81.7 cm³/mol. The van der Waals surface area contributed by atoms with Gasteiger partial charge < -0.3 is 15.4 Å². The van der Waals surface area contributed by atoms with Gasteiger partial charge in [0.2, 0.25) is 5.91 Å². The molecule has 1 saturated heterocycles. The number of benzene rings is 1. The molecule has 0 spiro atoms. The van der Waals surface area contributed by atoms with Gasteiger partial charge in [-0.2, -0.15) is 0 Å². The van der Waals surface area contributed by atoms with E-state index in [9.17, 15) is 9.59 Å². The summed E-state index contributed by atoms with van der Waals surface area (Å²) in [6.07, 6.45) is 3.96. The maximum Gasteiger partial charge on any atom is 0.330 e. The molecule has 0 radical (unpaired) electrons. The number of amides is 1. The fraction of sp³-hybridized carbons (Fsp3) is 0.375. The quantitative estimate of drug-likeness (QED) is 0.640. The van der Waals surface area contributed by atoms with E-state index in [1.165, 1.54) is 6.08 Å². The Labute approximate surface area is 124 Å². The molecule has 1 heterocycles. The third-order valence-corrected chi connectivity index (χ3v) is 3.31. The Morgan fingerprint density at radius 3 is 2.76 bits per heavy atom. The van der Waals surface area contributed by atoms with Crippen molar-refractivity contribution in [3.63, 3.8) is 0 Å². The van der Waals surface area contributed by atoms with Gasteiger partial charge in [-0.3, -0.25) is 4.79 Å². The van der Waals surface area contributed by atoms with Gasteiger partial charge in [-0.25, -0.2) is 4.79 Å². The monoisotopic (exact) mass is 288 g/mol. The Kier molecular flexibility index (Phi) is 5.51. The molecule has 0 aliphatic carbocycles. The lowest BCUT2D eigenvalue weighted by molar-refractivity contribution is -0.137. The van der Waals surface area contributed by atoms with E-state index in [0.29, 0.717) is 6.61 Å². The summed E-state index contributed by atoms with van der Waals surface area (Å²) in [5.74, 6) is -0.258. The van der Waals surface area contributed by atoms with Crippen LogP contribution in [-0.4, -0.2) is 31.6 Å². The summed E-state index contributed by atoms with van der Waals surface area (Å²) in [6, 6.07) is 7.34. The van der Waals surface area contributed by atoms with Crippen molar-refractivity contribution < 1.29 is 14.3 Å². The third kappa shape index (κ3) is 4.72. The minimum absolute atomic E-state index is 0.0494. The van der Waals surface area contributed by atoms with Crippen LogP contribution in [0, 0.1) is 5.92 Å². The number of ether oxygens (including phenoxy) is 1. The van der Waals surface area contributed by atoms with Crippen molar-refractivity contribution in [2.24, 2.45) is 5.92 Å². The van der Waals surface area contributed by atoms with Gasteiger partial charge in [-0.05, 0) is 43.7 Å². The number of hydrogen-bond donors (Lipinski definition) is 2. The second kappa shape index (κ2) is 7.59. The molecule has 1 fully saturated rings. The van der Waals surface area contributed by atoms with E-state index in [4.69, 9.17) is 4.74 Å². The molecular weight excluding hydrogens is 268 g/mol. The van der Waals surface area contributed by atoms with E-state index >= 15 is 0 Å². The van der Waals surface area contributed by atoms with Crippen LogP contribution in [0.4, 0.5) is 5.69 Å². The smallest absolute Gasteiger partial charge is 0.330 e. The Hall–Kier alpha value is -2.14. The zero-order chi connectivity index (χ0) is 15.1. The molecule has 5 heteroatoms. The molecule has 1 aliphatic heterocycles. The van der Waals surface area contributed by atoms with Gasteiger partial charge in [0.15, 0.2) is 0 Å². The lowest BCUT2D eigenvalue weighted by Crippen LogP contribution is -2.24. The first-order chi connectivity index (χ1) is 10.2. The van der Waals surface area contributed by atoms with Crippen LogP contribution >= 0.6 is 0 Å². The highest BCUT2D eigenvalue weighted by molar-refractivity contribution is 5.93. The Morgan fingerprint density at radius 1 is 1.38 bits per heavy atom. The Bertz CT molecular complexity index is 517. The summed E-state index contributed by atoms with van der Waals surface area (Å²) in [5.41, 5.74) is 1.64. The summed E-state index contributed by atoms with van der Waals surface area (Å²) in [7, 11) is 0. The zero-order valence-electron chi connectivity index (χ0n) is 12.1. The molecule has 1 unspecified atom stereocenters. The van der Waals surface area contributed by atoms with Crippen molar-refractivity contribution in [1.29, 1.82) is 0 Å². The largest absolute Gasteiger partial charge is 0.463 e. The maximum atomic E-state index is 12.0. The Morgan fingerprint density at radius 2 is 2.14 bits per heavy atom. The molecular formula is C16H20N2O3. The molecule has 1 aliphatic rings. The highest BCUT2D eigenvalue weighted by Gasteiger charge is 2.22. The molecule has 1 aromatic rings. The minimum atomic E-state index is -0.358. The first-order valence-electron chi connectivity index (χ1n) is 7.15. The van der Waals surface area contributed by atoms with Gasteiger partial charge in [0.1, 0.15) is 0 Å². The SMILES string of the molecule is CCOC(=O)C=Cc1ccc(NC(=O)C2CCNC2)cc1. The van der Waals surface area contributed by atoms with E-state index in [1.807, 2.05) is 24.3 Å². The molecule has 2 rings (SSSR count). The summed E-state index contributed by atoms with van der Waals surface area (Å²) in [5, 5.41) is 6.07. The van der Waals surface area contributed by atoms with Gasteiger partial charge in [0.05, 0.1) is 12.5 Å². The van der Waals surface area contributed by atoms with Gasteiger partial charge in [0.25, 0.3) is 0 Å². The van der Waals surface area contributed by atoms with E-state index in [2.05, 4.69) is 10.6 Å². The van der Waals surface area contributed by atoms with Crippen molar-refractivity contribution in [1.82, 2.24) is 5.32 Å². The maximum absolute atomic E-state index is 12.0. The van der Waals surface area contributed by atoms with E-state index in [1.54, 1.807) is 13.0 Å².